The van der Waals surface area contributed by atoms with Gasteiger partial charge in [0.15, 0.2) is 21.5 Å². The lowest BCUT2D eigenvalue weighted by Crippen LogP contribution is -2.52. The van der Waals surface area contributed by atoms with E-state index in [1.807, 2.05) is 0 Å². The summed E-state index contributed by atoms with van der Waals surface area (Å²) < 4.78 is 54.2. The lowest BCUT2D eigenvalue weighted by atomic mass is 9.70. The zero-order valence-electron chi connectivity index (χ0n) is 20.0. The first-order valence-corrected chi connectivity index (χ1v) is 14.0. The van der Waals surface area contributed by atoms with Crippen LogP contribution in [-0.4, -0.2) is 40.4 Å². The van der Waals surface area contributed by atoms with E-state index >= 15 is 0 Å². The highest BCUT2D eigenvalue weighted by atomic mass is 35.5. The fourth-order valence-electron chi connectivity index (χ4n) is 5.87. The SMILES string of the molecule is O=C(Nc1ccc(F)c(F)c1)c1ccc(Cl)c(S(=O)(=O)C2CC3CCC(C2)C3(O)[C@@H](O)c2cccnc2)c1. The van der Waals surface area contributed by atoms with Crippen molar-refractivity contribution in [2.24, 2.45) is 11.8 Å². The first kappa shape index (κ1) is 26.7. The molecule has 2 saturated carbocycles. The van der Waals surface area contributed by atoms with Crippen molar-refractivity contribution in [3.8, 4) is 0 Å². The van der Waals surface area contributed by atoms with Crippen LogP contribution < -0.4 is 5.32 Å². The van der Waals surface area contributed by atoms with Gasteiger partial charge in [-0.2, -0.15) is 0 Å². The van der Waals surface area contributed by atoms with Crippen molar-refractivity contribution in [1.82, 2.24) is 4.98 Å². The second-order valence-corrected chi connectivity index (χ2v) is 12.5. The van der Waals surface area contributed by atoms with Crippen molar-refractivity contribution in [3.63, 3.8) is 0 Å². The zero-order valence-corrected chi connectivity index (χ0v) is 21.6. The largest absolute Gasteiger partial charge is 0.386 e. The van der Waals surface area contributed by atoms with Crippen molar-refractivity contribution in [2.75, 3.05) is 5.32 Å². The summed E-state index contributed by atoms with van der Waals surface area (Å²) in [5.41, 5.74) is -1.04. The molecule has 0 radical (unpaired) electrons. The van der Waals surface area contributed by atoms with E-state index in [4.69, 9.17) is 11.6 Å². The van der Waals surface area contributed by atoms with E-state index < -0.39 is 56.2 Å². The topological polar surface area (TPSA) is 117 Å². The van der Waals surface area contributed by atoms with E-state index in [1.54, 1.807) is 18.3 Å². The molecule has 200 valence electrons. The maximum absolute atomic E-state index is 13.7. The minimum atomic E-state index is -4.03. The van der Waals surface area contributed by atoms with Gasteiger partial charge in [-0.15, -0.1) is 0 Å². The number of sulfone groups is 1. The monoisotopic (exact) mass is 562 g/mol. The van der Waals surface area contributed by atoms with E-state index in [9.17, 15) is 32.2 Å². The van der Waals surface area contributed by atoms with Gasteiger partial charge in [0, 0.05) is 35.3 Å². The average Bonchev–Trinajstić information content (AvgIpc) is 3.06. The second kappa shape index (κ2) is 10.00. The van der Waals surface area contributed by atoms with E-state index in [2.05, 4.69) is 10.3 Å². The Bertz CT molecular complexity index is 1470. The van der Waals surface area contributed by atoms with Crippen molar-refractivity contribution in [1.29, 1.82) is 0 Å². The molecule has 3 N–H and O–H groups in total. The summed E-state index contributed by atoms with van der Waals surface area (Å²) in [5.74, 6) is -3.85. The Kier molecular flexibility index (Phi) is 7.02. The van der Waals surface area contributed by atoms with Crippen molar-refractivity contribution >= 4 is 33.0 Å². The van der Waals surface area contributed by atoms with Gasteiger partial charge in [0.2, 0.25) is 0 Å². The Hall–Kier alpha value is -2.92. The number of amides is 1. The van der Waals surface area contributed by atoms with Crippen LogP contribution in [0.25, 0.3) is 0 Å². The summed E-state index contributed by atoms with van der Waals surface area (Å²) in [6.45, 7) is 0. The number of halogens is 3. The minimum absolute atomic E-state index is 0.00331. The number of aliphatic hydroxyl groups excluding tert-OH is 1. The third-order valence-corrected chi connectivity index (χ3v) is 10.5. The van der Waals surface area contributed by atoms with Crippen LogP contribution in [0.5, 0.6) is 0 Å². The van der Waals surface area contributed by atoms with Gasteiger partial charge in [0.05, 0.1) is 15.2 Å². The molecule has 1 heterocycles. The van der Waals surface area contributed by atoms with Crippen molar-refractivity contribution in [2.45, 2.75) is 47.5 Å². The van der Waals surface area contributed by atoms with E-state index in [0.29, 0.717) is 18.4 Å². The van der Waals surface area contributed by atoms with E-state index in [1.165, 1.54) is 30.5 Å². The molecule has 2 bridgehead atoms. The zero-order chi connectivity index (χ0) is 27.2. The molecule has 1 aromatic heterocycles. The molecule has 38 heavy (non-hydrogen) atoms. The molecule has 2 aliphatic carbocycles. The van der Waals surface area contributed by atoms with Crippen LogP contribution in [-0.2, 0) is 9.84 Å². The van der Waals surface area contributed by atoms with Crippen molar-refractivity contribution < 1.29 is 32.2 Å². The number of fused-ring (bicyclic) bond motifs is 2. The Balaban J connectivity index is 1.39. The molecule has 11 heteroatoms. The molecule has 2 aliphatic rings. The van der Waals surface area contributed by atoms with Crippen LogP contribution >= 0.6 is 11.6 Å². The third kappa shape index (κ3) is 4.59. The lowest BCUT2D eigenvalue weighted by Gasteiger charge is -2.45. The molecule has 5 rings (SSSR count). The number of carbonyl (C=O) groups excluding carboxylic acids is 1. The number of nitrogens with zero attached hydrogens (tertiary/aromatic N) is 1. The van der Waals surface area contributed by atoms with Gasteiger partial charge in [-0.05, 0) is 73.9 Å². The van der Waals surface area contributed by atoms with Crippen LogP contribution in [0.1, 0.15) is 47.7 Å². The normalized spacial score (nSPS) is 25.7. The lowest BCUT2D eigenvalue weighted by molar-refractivity contribution is -0.144. The summed E-state index contributed by atoms with van der Waals surface area (Å²) in [7, 11) is -4.03. The highest BCUT2D eigenvalue weighted by Crippen LogP contribution is 2.56. The number of aromatic nitrogens is 1. The number of carbonyl (C=O) groups is 1. The molecular formula is C27H25ClF2N2O5S. The maximum atomic E-state index is 13.7. The molecule has 0 saturated heterocycles. The van der Waals surface area contributed by atoms with Gasteiger partial charge < -0.3 is 15.5 Å². The predicted octanol–water partition coefficient (Wildman–Crippen LogP) is 4.69. The van der Waals surface area contributed by atoms with E-state index in [0.717, 1.165) is 12.1 Å². The molecule has 7 nitrogen and oxygen atoms in total. The molecule has 2 aromatic carbocycles. The number of nitrogens with one attached hydrogen (secondary N) is 1. The van der Waals surface area contributed by atoms with Gasteiger partial charge >= 0.3 is 0 Å². The maximum Gasteiger partial charge on any atom is 0.255 e. The third-order valence-electron chi connectivity index (χ3n) is 7.82. The Morgan fingerprint density at radius 2 is 1.79 bits per heavy atom. The number of rotatable bonds is 6. The fraction of sp³-hybridized carbons (Fsp3) is 0.333. The summed E-state index contributed by atoms with van der Waals surface area (Å²) in [6.07, 6.45) is 3.21. The quantitative estimate of drug-likeness (QED) is 0.401. The molecule has 0 aliphatic heterocycles. The summed E-state index contributed by atoms with van der Waals surface area (Å²) in [6, 6.07) is 10.0. The predicted molar refractivity (Wildman–Crippen MR) is 136 cm³/mol. The van der Waals surface area contributed by atoms with Crippen LogP contribution in [0.3, 0.4) is 0 Å². The fourth-order valence-corrected chi connectivity index (χ4v) is 8.27. The first-order valence-electron chi connectivity index (χ1n) is 12.1. The van der Waals surface area contributed by atoms with Crippen LogP contribution in [0.2, 0.25) is 5.02 Å². The van der Waals surface area contributed by atoms with Gasteiger partial charge in [-0.1, -0.05) is 17.7 Å². The standard InChI is InChI=1S/C27H25ClF2N2O5S/c28-21-7-3-15(26(34)32-19-6-8-22(29)23(30)13-19)10-24(21)38(36,37)20-11-17-4-5-18(12-20)27(17,35)25(33)16-2-1-9-31-14-16/h1-3,6-10,13-14,17-18,20,25,33,35H,4-5,11-12H2,(H,32,34)/t17?,18?,20?,25-,27?/m0/s1. The molecule has 3 aromatic rings. The van der Waals surface area contributed by atoms with Crippen molar-refractivity contribution in [3.05, 3.63) is 88.7 Å². The van der Waals surface area contributed by atoms with Gasteiger partial charge in [-0.25, -0.2) is 17.2 Å². The number of pyridine rings is 1. The minimum Gasteiger partial charge on any atom is -0.386 e. The molecule has 1 amide bonds. The van der Waals surface area contributed by atoms with Gasteiger partial charge in [0.1, 0.15) is 11.7 Å². The molecule has 2 unspecified atom stereocenters. The Labute approximate surface area is 223 Å². The Morgan fingerprint density at radius 3 is 2.42 bits per heavy atom. The molecule has 0 spiro atoms. The summed E-state index contributed by atoms with van der Waals surface area (Å²) >= 11 is 6.28. The number of anilines is 1. The first-order chi connectivity index (χ1) is 18.0. The van der Waals surface area contributed by atoms with E-state index in [-0.39, 0.29) is 34.0 Å². The van der Waals surface area contributed by atoms with Crippen LogP contribution in [0.4, 0.5) is 14.5 Å². The van der Waals surface area contributed by atoms with Gasteiger partial charge in [-0.3, -0.25) is 9.78 Å². The second-order valence-electron chi connectivity index (χ2n) is 9.91. The smallest absolute Gasteiger partial charge is 0.255 e. The number of hydrogen-bond donors (Lipinski definition) is 3. The highest BCUT2D eigenvalue weighted by molar-refractivity contribution is 7.92. The van der Waals surface area contributed by atoms with Crippen LogP contribution in [0, 0.1) is 23.5 Å². The number of hydrogen-bond acceptors (Lipinski definition) is 6. The number of aliphatic hydroxyl groups is 2. The van der Waals surface area contributed by atoms with Crippen LogP contribution in [0.15, 0.2) is 65.8 Å². The summed E-state index contributed by atoms with van der Waals surface area (Å²) in [5, 5.41) is 24.1. The molecular weight excluding hydrogens is 538 g/mol. The summed E-state index contributed by atoms with van der Waals surface area (Å²) in [4.78, 5) is 16.5. The molecule has 3 atom stereocenters. The average molecular weight is 563 g/mol. The Morgan fingerprint density at radius 1 is 1.08 bits per heavy atom. The highest BCUT2D eigenvalue weighted by Gasteiger charge is 2.59. The number of benzene rings is 2. The molecule has 2 fully saturated rings. The van der Waals surface area contributed by atoms with Gasteiger partial charge in [0.25, 0.3) is 5.91 Å².